The number of hydrogen-bond acceptors (Lipinski definition) is 3. The van der Waals surface area contributed by atoms with Crippen molar-refractivity contribution in [2.45, 2.75) is 26.3 Å². The van der Waals surface area contributed by atoms with Gasteiger partial charge in [-0.1, -0.05) is 19.9 Å². The van der Waals surface area contributed by atoms with Gasteiger partial charge in [-0.3, -0.25) is 4.79 Å². The molecular formula is C17H20F2N4O. The Morgan fingerprint density at radius 3 is 2.58 bits per heavy atom. The van der Waals surface area contributed by atoms with Crippen molar-refractivity contribution in [1.29, 1.82) is 0 Å². The molecule has 1 unspecified atom stereocenters. The number of piperidine rings is 1. The Morgan fingerprint density at radius 1 is 1.29 bits per heavy atom. The number of hydrogen-bond donors (Lipinski definition) is 1. The maximum atomic E-state index is 13.8. The molecule has 0 radical (unpaired) electrons. The predicted octanol–water partition coefficient (Wildman–Crippen LogP) is 2.35. The number of rotatable bonds is 2. The number of benzene rings is 1. The van der Waals surface area contributed by atoms with Crippen LogP contribution >= 0.6 is 0 Å². The maximum Gasteiger partial charge on any atom is 0.274 e. The Hall–Kier alpha value is -2.28. The van der Waals surface area contributed by atoms with Crippen molar-refractivity contribution in [2.24, 2.45) is 11.1 Å². The van der Waals surface area contributed by atoms with Crippen LogP contribution in [0.2, 0.25) is 0 Å². The Bertz CT molecular complexity index is 751. The SMILES string of the molecule is CC1(C)CN(C(=O)c2ccn(-c3c(F)cccc3F)n2)CCC1N. The van der Waals surface area contributed by atoms with E-state index in [4.69, 9.17) is 5.73 Å². The molecule has 24 heavy (non-hydrogen) atoms. The van der Waals surface area contributed by atoms with E-state index < -0.39 is 11.6 Å². The summed E-state index contributed by atoms with van der Waals surface area (Å²) in [5.41, 5.74) is 5.76. The highest BCUT2D eigenvalue weighted by atomic mass is 19.1. The van der Waals surface area contributed by atoms with Gasteiger partial charge in [0.25, 0.3) is 5.91 Å². The van der Waals surface area contributed by atoms with E-state index in [1.165, 1.54) is 18.3 Å². The number of halogens is 2. The first-order chi connectivity index (χ1) is 11.3. The topological polar surface area (TPSA) is 64.2 Å². The molecule has 2 heterocycles. The molecule has 7 heteroatoms. The van der Waals surface area contributed by atoms with E-state index in [1.807, 2.05) is 13.8 Å². The van der Waals surface area contributed by atoms with Gasteiger partial charge in [-0.2, -0.15) is 5.10 Å². The third kappa shape index (κ3) is 2.91. The third-order valence-corrected chi connectivity index (χ3v) is 4.57. The first-order valence-corrected chi connectivity index (χ1v) is 7.84. The van der Waals surface area contributed by atoms with Gasteiger partial charge < -0.3 is 10.6 Å². The predicted molar refractivity (Wildman–Crippen MR) is 85.8 cm³/mol. The van der Waals surface area contributed by atoms with Crippen molar-refractivity contribution >= 4 is 5.91 Å². The Balaban J connectivity index is 1.85. The number of amides is 1. The van der Waals surface area contributed by atoms with Crippen LogP contribution in [0.4, 0.5) is 8.78 Å². The smallest absolute Gasteiger partial charge is 0.274 e. The minimum atomic E-state index is -0.734. The lowest BCUT2D eigenvalue weighted by Crippen LogP contribution is -2.54. The highest BCUT2D eigenvalue weighted by Crippen LogP contribution is 2.28. The Kier molecular flexibility index (Phi) is 4.13. The zero-order chi connectivity index (χ0) is 17.5. The molecule has 3 rings (SSSR count). The van der Waals surface area contributed by atoms with Crippen LogP contribution in [-0.2, 0) is 0 Å². The molecular weight excluding hydrogens is 314 g/mol. The summed E-state index contributed by atoms with van der Waals surface area (Å²) in [6, 6.07) is 5.08. The number of nitrogens with two attached hydrogens (primary N) is 1. The molecule has 2 aromatic rings. The summed E-state index contributed by atoms with van der Waals surface area (Å²) in [6.45, 7) is 5.10. The second-order valence-electron chi connectivity index (χ2n) is 6.83. The number of para-hydroxylation sites is 1. The monoisotopic (exact) mass is 334 g/mol. The summed E-state index contributed by atoms with van der Waals surface area (Å²) in [5, 5.41) is 4.06. The number of nitrogens with zero attached hydrogens (tertiary/aromatic N) is 3. The fraction of sp³-hybridized carbons (Fsp3) is 0.412. The van der Waals surface area contributed by atoms with E-state index in [2.05, 4.69) is 5.10 Å². The van der Waals surface area contributed by atoms with Crippen molar-refractivity contribution in [3.8, 4) is 5.69 Å². The molecule has 2 N–H and O–H groups in total. The van der Waals surface area contributed by atoms with Gasteiger partial charge in [-0.05, 0) is 30.0 Å². The van der Waals surface area contributed by atoms with Crippen molar-refractivity contribution in [3.63, 3.8) is 0 Å². The summed E-state index contributed by atoms with van der Waals surface area (Å²) in [4.78, 5) is 14.3. The summed E-state index contributed by atoms with van der Waals surface area (Å²) >= 11 is 0. The Morgan fingerprint density at radius 2 is 1.96 bits per heavy atom. The molecule has 0 bridgehead atoms. The number of aromatic nitrogens is 2. The van der Waals surface area contributed by atoms with Gasteiger partial charge in [0.15, 0.2) is 17.3 Å². The second-order valence-corrected chi connectivity index (χ2v) is 6.83. The van der Waals surface area contributed by atoms with Gasteiger partial charge >= 0.3 is 0 Å². The summed E-state index contributed by atoms with van der Waals surface area (Å²) in [6.07, 6.45) is 2.09. The molecule has 1 aromatic carbocycles. The van der Waals surface area contributed by atoms with E-state index in [9.17, 15) is 13.6 Å². The van der Waals surface area contributed by atoms with E-state index in [1.54, 1.807) is 4.90 Å². The highest BCUT2D eigenvalue weighted by Gasteiger charge is 2.36. The maximum absolute atomic E-state index is 13.8. The number of carbonyl (C=O) groups is 1. The van der Waals surface area contributed by atoms with Gasteiger partial charge in [0.1, 0.15) is 5.69 Å². The van der Waals surface area contributed by atoms with Crippen LogP contribution in [0.3, 0.4) is 0 Å². The standard InChI is InChI=1S/C17H20F2N4O/c1-17(2)10-22(8-7-14(17)20)16(24)13-6-9-23(21-13)15-11(18)4-3-5-12(15)19/h3-6,9,14H,7-8,10,20H2,1-2H3. The lowest BCUT2D eigenvalue weighted by atomic mass is 9.79. The third-order valence-electron chi connectivity index (χ3n) is 4.57. The molecule has 1 atom stereocenters. The van der Waals surface area contributed by atoms with Crippen LogP contribution in [0.1, 0.15) is 30.8 Å². The number of carbonyl (C=O) groups excluding carboxylic acids is 1. The molecule has 128 valence electrons. The summed E-state index contributed by atoms with van der Waals surface area (Å²) in [7, 11) is 0. The fourth-order valence-electron chi connectivity index (χ4n) is 2.98. The molecule has 0 spiro atoms. The quantitative estimate of drug-likeness (QED) is 0.917. The zero-order valence-corrected chi connectivity index (χ0v) is 13.7. The van der Waals surface area contributed by atoms with Crippen molar-refractivity contribution < 1.29 is 13.6 Å². The van der Waals surface area contributed by atoms with Crippen LogP contribution in [-0.4, -0.2) is 39.7 Å². The first kappa shape index (κ1) is 16.6. The normalized spacial score (nSPS) is 20.2. The van der Waals surface area contributed by atoms with Crippen LogP contribution in [0.15, 0.2) is 30.5 Å². The van der Waals surface area contributed by atoms with E-state index in [0.717, 1.165) is 16.8 Å². The number of likely N-dealkylation sites (tertiary alicyclic amines) is 1. The molecule has 1 aliphatic heterocycles. The minimum Gasteiger partial charge on any atom is -0.337 e. The molecule has 5 nitrogen and oxygen atoms in total. The van der Waals surface area contributed by atoms with Crippen molar-refractivity contribution in [1.82, 2.24) is 14.7 Å². The van der Waals surface area contributed by atoms with Crippen LogP contribution in [0.25, 0.3) is 5.69 Å². The highest BCUT2D eigenvalue weighted by molar-refractivity contribution is 5.92. The van der Waals surface area contributed by atoms with Crippen LogP contribution in [0, 0.1) is 17.0 Å². The molecule has 1 aromatic heterocycles. The van der Waals surface area contributed by atoms with Gasteiger partial charge in [0, 0.05) is 25.3 Å². The average Bonchev–Trinajstić information content (AvgIpc) is 2.98. The molecule has 0 saturated carbocycles. The van der Waals surface area contributed by atoms with Gasteiger partial charge in [-0.15, -0.1) is 0 Å². The molecule has 1 saturated heterocycles. The summed E-state index contributed by atoms with van der Waals surface area (Å²) in [5.74, 6) is -1.73. The first-order valence-electron chi connectivity index (χ1n) is 7.84. The fourth-order valence-corrected chi connectivity index (χ4v) is 2.98. The Labute approximate surface area is 139 Å². The largest absolute Gasteiger partial charge is 0.337 e. The van der Waals surface area contributed by atoms with E-state index in [-0.39, 0.29) is 28.7 Å². The average molecular weight is 334 g/mol. The van der Waals surface area contributed by atoms with Gasteiger partial charge in [0.2, 0.25) is 0 Å². The lowest BCUT2D eigenvalue weighted by Gasteiger charge is -2.42. The van der Waals surface area contributed by atoms with Crippen LogP contribution < -0.4 is 5.73 Å². The molecule has 1 fully saturated rings. The van der Waals surface area contributed by atoms with Gasteiger partial charge in [0.05, 0.1) is 0 Å². The van der Waals surface area contributed by atoms with E-state index in [0.29, 0.717) is 19.5 Å². The lowest BCUT2D eigenvalue weighted by molar-refractivity contribution is 0.0527. The van der Waals surface area contributed by atoms with E-state index >= 15 is 0 Å². The van der Waals surface area contributed by atoms with Crippen molar-refractivity contribution in [2.75, 3.05) is 13.1 Å². The molecule has 0 aliphatic carbocycles. The zero-order valence-electron chi connectivity index (χ0n) is 13.7. The molecule has 1 amide bonds. The molecule has 1 aliphatic rings. The second kappa shape index (κ2) is 5.98. The van der Waals surface area contributed by atoms with Gasteiger partial charge in [-0.25, -0.2) is 13.5 Å². The minimum absolute atomic E-state index is 0.0339. The summed E-state index contributed by atoms with van der Waals surface area (Å²) < 4.78 is 28.7. The van der Waals surface area contributed by atoms with Crippen molar-refractivity contribution in [3.05, 3.63) is 47.8 Å². The van der Waals surface area contributed by atoms with Crippen LogP contribution in [0.5, 0.6) is 0 Å².